The van der Waals surface area contributed by atoms with Crippen LogP contribution in [-0.4, -0.2) is 45.6 Å². The summed E-state index contributed by atoms with van der Waals surface area (Å²) in [7, 11) is 0. The van der Waals surface area contributed by atoms with Crippen LogP contribution in [0.5, 0.6) is 0 Å². The molecule has 1 saturated carbocycles. The Balaban J connectivity index is 1.56. The number of amides is 3. The van der Waals surface area contributed by atoms with E-state index in [0.29, 0.717) is 5.69 Å². The average molecular weight is 571 g/mol. The molecule has 0 unspecified atom stereocenters. The summed E-state index contributed by atoms with van der Waals surface area (Å²) in [6.07, 6.45) is 0.781. The molecule has 5 rings (SSSR count). The van der Waals surface area contributed by atoms with E-state index in [2.05, 4.69) is 10.3 Å². The maximum absolute atomic E-state index is 14.5. The fraction of sp³-hybridized carbons (Fsp3) is 0.310. The molecule has 0 bridgehead atoms. The first-order valence-electron chi connectivity index (χ1n) is 12.8. The first kappa shape index (κ1) is 27.6. The van der Waals surface area contributed by atoms with Crippen LogP contribution in [0.2, 0.25) is 5.02 Å². The highest BCUT2D eigenvalue weighted by Crippen LogP contribution is 2.39. The van der Waals surface area contributed by atoms with E-state index in [9.17, 15) is 27.6 Å². The molecule has 1 aliphatic heterocycles. The number of nitrogens with one attached hydrogen (secondary N) is 1. The number of benzene rings is 2. The maximum Gasteiger partial charge on any atom is 0.252 e. The van der Waals surface area contributed by atoms with Gasteiger partial charge in [-0.2, -0.15) is 0 Å². The highest BCUT2D eigenvalue weighted by atomic mass is 35.5. The van der Waals surface area contributed by atoms with Crippen LogP contribution in [-0.2, 0) is 20.9 Å². The number of nitrogens with zero attached hydrogens (tertiary/aromatic N) is 3. The molecule has 7 nitrogen and oxygen atoms in total. The monoisotopic (exact) mass is 570 g/mol. The number of carbonyl (C=O) groups is 3. The largest absolute Gasteiger partial charge is 0.351 e. The number of halogens is 4. The van der Waals surface area contributed by atoms with Crippen molar-refractivity contribution in [2.45, 2.75) is 56.3 Å². The van der Waals surface area contributed by atoms with E-state index in [1.165, 1.54) is 29.2 Å². The van der Waals surface area contributed by atoms with Gasteiger partial charge in [0.1, 0.15) is 17.9 Å². The molecule has 11 heteroatoms. The minimum Gasteiger partial charge on any atom is -0.351 e. The number of hydrogen-bond donors (Lipinski definition) is 1. The number of aromatic nitrogens is 1. The van der Waals surface area contributed by atoms with Crippen molar-refractivity contribution in [3.8, 4) is 0 Å². The molecule has 208 valence electrons. The molecule has 2 fully saturated rings. The molecule has 2 atom stereocenters. The Labute approximate surface area is 233 Å². The highest BCUT2D eigenvalue weighted by molar-refractivity contribution is 6.31. The highest BCUT2D eigenvalue weighted by Gasteiger charge is 2.48. The first-order chi connectivity index (χ1) is 19.1. The van der Waals surface area contributed by atoms with Crippen molar-refractivity contribution in [3.63, 3.8) is 0 Å². The Kier molecular flexibility index (Phi) is 7.80. The summed E-state index contributed by atoms with van der Waals surface area (Å²) in [5.74, 6) is -5.18. The van der Waals surface area contributed by atoms with Crippen LogP contribution in [0.4, 0.5) is 18.9 Å². The van der Waals surface area contributed by atoms with Gasteiger partial charge in [0.25, 0.3) is 11.8 Å². The normalized spacial score (nSPS) is 19.1. The zero-order chi connectivity index (χ0) is 28.4. The lowest BCUT2D eigenvalue weighted by molar-refractivity contribution is -0.136. The van der Waals surface area contributed by atoms with Gasteiger partial charge >= 0.3 is 0 Å². The third kappa shape index (κ3) is 5.82. The van der Waals surface area contributed by atoms with Gasteiger partial charge in [0.05, 0.1) is 12.2 Å². The third-order valence-electron chi connectivity index (χ3n) is 7.14. The van der Waals surface area contributed by atoms with E-state index in [0.717, 1.165) is 11.0 Å². The van der Waals surface area contributed by atoms with E-state index >= 15 is 0 Å². The fourth-order valence-electron chi connectivity index (χ4n) is 5.18. The first-order valence-corrected chi connectivity index (χ1v) is 13.2. The van der Waals surface area contributed by atoms with Gasteiger partial charge in [-0.05, 0) is 42.8 Å². The molecule has 0 radical (unpaired) electrons. The third-order valence-corrected chi connectivity index (χ3v) is 7.48. The second-order valence-corrected chi connectivity index (χ2v) is 10.4. The van der Waals surface area contributed by atoms with Crippen molar-refractivity contribution in [2.75, 3.05) is 4.90 Å². The molecule has 1 aliphatic carbocycles. The standard InChI is InChI=1S/C29H26ClF3N4O3/c30-23-10-2-1-9-22(23)26(27(39)35-20-15-29(32,33)16-20)37(21-8-5-6-18(31)14-21)28(40)24-11-12-25(38)36(24)17-19-7-3-4-13-34-19/h1-10,13-14,20,24,26H,11-12,15-17H2,(H,35,39)/t24-,26-/m0/s1. The summed E-state index contributed by atoms with van der Waals surface area (Å²) >= 11 is 6.49. The summed E-state index contributed by atoms with van der Waals surface area (Å²) in [6, 6.07) is 13.5. The van der Waals surface area contributed by atoms with E-state index in [1.54, 1.807) is 42.6 Å². The fourth-order valence-corrected chi connectivity index (χ4v) is 5.42. The Morgan fingerprint density at radius 2 is 1.85 bits per heavy atom. The van der Waals surface area contributed by atoms with Gasteiger partial charge in [0, 0.05) is 47.8 Å². The molecule has 3 amide bonds. The second kappa shape index (κ2) is 11.3. The minimum atomic E-state index is -2.88. The molecule has 40 heavy (non-hydrogen) atoms. The van der Waals surface area contributed by atoms with Crippen LogP contribution in [0.15, 0.2) is 72.9 Å². The van der Waals surface area contributed by atoms with Gasteiger partial charge in [0.2, 0.25) is 11.8 Å². The number of pyridine rings is 1. The Hall–Kier alpha value is -3.92. The van der Waals surface area contributed by atoms with Gasteiger partial charge in [0.15, 0.2) is 0 Å². The molecule has 2 aromatic carbocycles. The Morgan fingerprint density at radius 3 is 2.52 bits per heavy atom. The van der Waals surface area contributed by atoms with Gasteiger partial charge in [-0.25, -0.2) is 13.2 Å². The van der Waals surface area contributed by atoms with Gasteiger partial charge in [-0.3, -0.25) is 24.3 Å². The van der Waals surface area contributed by atoms with E-state index in [4.69, 9.17) is 11.6 Å². The number of anilines is 1. The Bertz CT molecular complexity index is 1420. The molecule has 1 N–H and O–H groups in total. The SMILES string of the molecule is O=C(NC1CC(F)(F)C1)[C@H](c1ccccc1Cl)N(C(=O)[C@@H]1CCC(=O)N1Cc1ccccn1)c1cccc(F)c1. The summed E-state index contributed by atoms with van der Waals surface area (Å²) in [4.78, 5) is 47.8. The zero-order valence-electron chi connectivity index (χ0n) is 21.3. The summed E-state index contributed by atoms with van der Waals surface area (Å²) in [5, 5.41) is 2.77. The number of alkyl halides is 2. The lowest BCUT2D eigenvalue weighted by atomic mass is 9.87. The molecule has 2 aliphatic rings. The Morgan fingerprint density at radius 1 is 1.10 bits per heavy atom. The molecule has 1 aromatic heterocycles. The quantitative estimate of drug-likeness (QED) is 0.411. The zero-order valence-corrected chi connectivity index (χ0v) is 22.0. The van der Waals surface area contributed by atoms with Gasteiger partial charge in [-0.1, -0.05) is 41.9 Å². The van der Waals surface area contributed by atoms with Crippen LogP contribution >= 0.6 is 11.6 Å². The molecule has 3 aromatic rings. The number of hydrogen-bond acceptors (Lipinski definition) is 4. The maximum atomic E-state index is 14.5. The summed E-state index contributed by atoms with van der Waals surface area (Å²) in [5.41, 5.74) is 0.853. The molecule has 0 spiro atoms. The van der Waals surface area contributed by atoms with Crippen molar-refractivity contribution in [1.82, 2.24) is 15.2 Å². The minimum absolute atomic E-state index is 0.0566. The van der Waals surface area contributed by atoms with Gasteiger partial charge in [-0.15, -0.1) is 0 Å². The molecule has 1 saturated heterocycles. The van der Waals surface area contributed by atoms with Crippen LogP contribution in [0.1, 0.15) is 43.0 Å². The van der Waals surface area contributed by atoms with Crippen molar-refractivity contribution in [3.05, 3.63) is 95.0 Å². The predicted octanol–water partition coefficient (Wildman–Crippen LogP) is 5.05. The van der Waals surface area contributed by atoms with Crippen molar-refractivity contribution in [2.24, 2.45) is 0 Å². The van der Waals surface area contributed by atoms with Crippen LogP contribution in [0, 0.1) is 5.82 Å². The lowest BCUT2D eigenvalue weighted by Crippen LogP contribution is -2.56. The van der Waals surface area contributed by atoms with Crippen molar-refractivity contribution < 1.29 is 27.6 Å². The van der Waals surface area contributed by atoms with E-state index < -0.39 is 54.5 Å². The van der Waals surface area contributed by atoms with Crippen molar-refractivity contribution >= 4 is 35.0 Å². The van der Waals surface area contributed by atoms with Gasteiger partial charge < -0.3 is 10.2 Å². The van der Waals surface area contributed by atoms with Crippen LogP contribution < -0.4 is 10.2 Å². The van der Waals surface area contributed by atoms with E-state index in [1.807, 2.05) is 0 Å². The molecular formula is C29H26ClF3N4O3. The van der Waals surface area contributed by atoms with E-state index in [-0.39, 0.29) is 41.6 Å². The van der Waals surface area contributed by atoms with Crippen LogP contribution in [0.3, 0.4) is 0 Å². The van der Waals surface area contributed by atoms with Crippen molar-refractivity contribution in [1.29, 1.82) is 0 Å². The summed E-state index contributed by atoms with van der Waals surface area (Å²) in [6.45, 7) is 0.0627. The lowest BCUT2D eigenvalue weighted by Gasteiger charge is -2.39. The topological polar surface area (TPSA) is 82.6 Å². The average Bonchev–Trinajstić information content (AvgIpc) is 3.26. The number of carbonyl (C=O) groups excluding carboxylic acids is 3. The predicted molar refractivity (Wildman–Crippen MR) is 142 cm³/mol. The molecule has 2 heterocycles. The molecular weight excluding hydrogens is 545 g/mol. The second-order valence-electron chi connectivity index (χ2n) is 9.98. The summed E-state index contributed by atoms with van der Waals surface area (Å²) < 4.78 is 41.6. The number of rotatable bonds is 8. The van der Waals surface area contributed by atoms with Crippen LogP contribution in [0.25, 0.3) is 0 Å². The smallest absolute Gasteiger partial charge is 0.252 e. The number of likely N-dealkylation sites (tertiary alicyclic amines) is 1.